The van der Waals surface area contributed by atoms with Crippen LogP contribution in [0, 0.1) is 0 Å². The Kier molecular flexibility index (Phi) is 3.57. The van der Waals surface area contributed by atoms with Crippen LogP contribution < -0.4 is 0 Å². The molecule has 0 atom stereocenters. The van der Waals surface area contributed by atoms with Gasteiger partial charge in [-0.2, -0.15) is 0 Å². The number of quaternary nitrogens is 1. The number of carbonyl (C=O) groups excluding carboxylic acids is 1. The van der Waals surface area contributed by atoms with Crippen LogP contribution in [-0.2, 0) is 11.3 Å². The molecule has 0 aliphatic carbocycles. The quantitative estimate of drug-likeness (QED) is 0.622. The van der Waals surface area contributed by atoms with Gasteiger partial charge < -0.3 is 9.22 Å². The van der Waals surface area contributed by atoms with Gasteiger partial charge in [0.2, 0.25) is 0 Å². The topological polar surface area (TPSA) is 43.6 Å². The zero-order chi connectivity index (χ0) is 14.0. The first-order valence-electron chi connectivity index (χ1n) is 6.35. The molecule has 2 heterocycles. The number of pyridine rings is 1. The van der Waals surface area contributed by atoms with Crippen LogP contribution >= 0.6 is 0 Å². The minimum atomic E-state index is -0.317. The summed E-state index contributed by atoms with van der Waals surface area (Å²) < 4.78 is 7.66. The van der Waals surface area contributed by atoms with E-state index in [1.165, 1.54) is 0 Å². The minimum Gasteiger partial charge on any atom is -0.461 e. The van der Waals surface area contributed by atoms with Crippen molar-refractivity contribution >= 4 is 11.6 Å². The summed E-state index contributed by atoms with van der Waals surface area (Å²) >= 11 is 0. The summed E-state index contributed by atoms with van der Waals surface area (Å²) in [4.78, 5) is 16.2. The first kappa shape index (κ1) is 13.5. The minimum absolute atomic E-state index is 0.317. The van der Waals surface area contributed by atoms with E-state index in [4.69, 9.17) is 4.74 Å². The second kappa shape index (κ2) is 5.01. The molecule has 0 N–H and O–H groups in total. The number of aromatic nitrogens is 2. The van der Waals surface area contributed by atoms with E-state index in [1.54, 1.807) is 29.8 Å². The lowest BCUT2D eigenvalue weighted by atomic mass is 10.2. The monoisotopic (exact) mass is 262 g/mol. The Hall–Kier alpha value is -1.88. The molecule has 0 saturated heterocycles. The number of carbonyl (C=O) groups is 1. The number of ether oxygens (including phenoxy) is 1. The smallest absolute Gasteiger partial charge is 0.355 e. The lowest BCUT2D eigenvalue weighted by Crippen LogP contribution is -2.33. The van der Waals surface area contributed by atoms with E-state index in [0.29, 0.717) is 12.3 Å². The van der Waals surface area contributed by atoms with Gasteiger partial charge in [0.15, 0.2) is 0 Å². The molecule has 5 nitrogen and oxygen atoms in total. The highest BCUT2D eigenvalue weighted by atomic mass is 16.5. The third-order valence-corrected chi connectivity index (χ3v) is 2.76. The van der Waals surface area contributed by atoms with Crippen LogP contribution in [0.1, 0.15) is 23.0 Å². The first-order valence-corrected chi connectivity index (χ1v) is 6.35. The SMILES string of the molecule is CCOC(=O)c1ccc(C[N+](C)(C)C)c2nccn12. The maximum absolute atomic E-state index is 11.9. The average molecular weight is 262 g/mol. The maximum Gasteiger partial charge on any atom is 0.355 e. The molecule has 0 aromatic carbocycles. The van der Waals surface area contributed by atoms with Crippen molar-refractivity contribution in [3.05, 3.63) is 35.8 Å². The molecular weight excluding hydrogens is 242 g/mol. The molecule has 0 aliphatic heterocycles. The molecule has 19 heavy (non-hydrogen) atoms. The fraction of sp³-hybridized carbons (Fsp3) is 0.429. The summed E-state index contributed by atoms with van der Waals surface area (Å²) in [5.74, 6) is -0.317. The van der Waals surface area contributed by atoms with Gasteiger partial charge in [0, 0.05) is 18.0 Å². The fourth-order valence-electron chi connectivity index (χ4n) is 2.08. The zero-order valence-corrected chi connectivity index (χ0v) is 11.9. The van der Waals surface area contributed by atoms with Crippen LogP contribution in [-0.4, -0.2) is 47.6 Å². The maximum atomic E-state index is 11.9. The number of rotatable bonds is 4. The van der Waals surface area contributed by atoms with Crippen molar-refractivity contribution in [2.75, 3.05) is 27.7 Å². The molecule has 2 aromatic heterocycles. The van der Waals surface area contributed by atoms with Gasteiger partial charge in [0.25, 0.3) is 0 Å². The van der Waals surface area contributed by atoms with Gasteiger partial charge in [-0.25, -0.2) is 9.78 Å². The number of nitrogens with zero attached hydrogens (tertiary/aromatic N) is 3. The second-order valence-corrected chi connectivity index (χ2v) is 5.53. The Morgan fingerprint density at radius 1 is 1.37 bits per heavy atom. The summed E-state index contributed by atoms with van der Waals surface area (Å²) in [6.07, 6.45) is 3.50. The zero-order valence-electron chi connectivity index (χ0n) is 11.9. The van der Waals surface area contributed by atoms with Gasteiger partial charge in [-0.1, -0.05) is 0 Å². The number of imidazole rings is 1. The standard InChI is InChI=1S/C14H20N3O2/c1-5-19-14(18)12-7-6-11(10-17(2,3)4)13-15-8-9-16(12)13/h6-9H,5,10H2,1-4H3/q+1. The van der Waals surface area contributed by atoms with Gasteiger partial charge in [-0.05, 0) is 19.1 Å². The molecule has 5 heteroatoms. The van der Waals surface area contributed by atoms with E-state index in [1.807, 2.05) is 6.07 Å². The molecule has 102 valence electrons. The van der Waals surface area contributed by atoms with E-state index >= 15 is 0 Å². The summed E-state index contributed by atoms with van der Waals surface area (Å²) in [7, 11) is 6.37. The van der Waals surface area contributed by atoms with Crippen molar-refractivity contribution in [3.8, 4) is 0 Å². The van der Waals surface area contributed by atoms with Gasteiger partial charge in [0.05, 0.1) is 27.7 Å². The van der Waals surface area contributed by atoms with Crippen molar-refractivity contribution < 1.29 is 14.0 Å². The molecule has 2 aromatic rings. The number of esters is 1. The van der Waals surface area contributed by atoms with Gasteiger partial charge >= 0.3 is 5.97 Å². The predicted molar refractivity (Wildman–Crippen MR) is 72.9 cm³/mol. The summed E-state index contributed by atoms with van der Waals surface area (Å²) in [6, 6.07) is 3.76. The highest BCUT2D eigenvalue weighted by molar-refractivity contribution is 5.88. The van der Waals surface area contributed by atoms with Crippen LogP contribution in [0.5, 0.6) is 0 Å². The molecular formula is C14H20N3O2+. The summed E-state index contributed by atoms with van der Waals surface area (Å²) in [5.41, 5.74) is 2.45. The van der Waals surface area contributed by atoms with Crippen LogP contribution in [0.2, 0.25) is 0 Å². The Balaban J connectivity index is 2.47. The molecule has 0 bridgehead atoms. The van der Waals surface area contributed by atoms with Crippen LogP contribution in [0.15, 0.2) is 24.5 Å². The molecule has 0 amide bonds. The summed E-state index contributed by atoms with van der Waals surface area (Å²) in [5, 5.41) is 0. The third-order valence-electron chi connectivity index (χ3n) is 2.76. The second-order valence-electron chi connectivity index (χ2n) is 5.53. The molecule has 0 aliphatic rings. The Bertz CT molecular complexity index is 596. The third kappa shape index (κ3) is 2.93. The summed E-state index contributed by atoms with van der Waals surface area (Å²) in [6.45, 7) is 3.02. The predicted octanol–water partition coefficient (Wildman–Crippen LogP) is 1.72. The largest absolute Gasteiger partial charge is 0.461 e. The Labute approximate surface area is 113 Å². The van der Waals surface area contributed by atoms with Crippen LogP contribution in [0.4, 0.5) is 0 Å². The molecule has 0 unspecified atom stereocenters. The molecule has 0 radical (unpaired) electrons. The Morgan fingerprint density at radius 2 is 2.11 bits per heavy atom. The van der Waals surface area contributed by atoms with Gasteiger partial charge in [0.1, 0.15) is 17.9 Å². The van der Waals surface area contributed by atoms with Gasteiger partial charge in [-0.15, -0.1) is 0 Å². The molecule has 0 spiro atoms. The molecule has 0 fully saturated rings. The van der Waals surface area contributed by atoms with Crippen molar-refractivity contribution in [1.82, 2.24) is 9.38 Å². The first-order chi connectivity index (χ1) is 8.92. The van der Waals surface area contributed by atoms with Crippen LogP contribution in [0.3, 0.4) is 0 Å². The van der Waals surface area contributed by atoms with E-state index < -0.39 is 0 Å². The number of hydrogen-bond donors (Lipinski definition) is 0. The number of hydrogen-bond acceptors (Lipinski definition) is 3. The van der Waals surface area contributed by atoms with E-state index in [-0.39, 0.29) is 5.97 Å². The van der Waals surface area contributed by atoms with Crippen molar-refractivity contribution in [2.45, 2.75) is 13.5 Å². The average Bonchev–Trinajstić information content (AvgIpc) is 2.77. The lowest BCUT2D eigenvalue weighted by molar-refractivity contribution is -0.883. The van der Waals surface area contributed by atoms with E-state index in [2.05, 4.69) is 26.1 Å². The lowest BCUT2D eigenvalue weighted by Gasteiger charge is -2.24. The fourth-order valence-corrected chi connectivity index (χ4v) is 2.08. The van der Waals surface area contributed by atoms with E-state index in [0.717, 1.165) is 22.2 Å². The van der Waals surface area contributed by atoms with Gasteiger partial charge in [-0.3, -0.25) is 4.40 Å². The number of fused-ring (bicyclic) bond motifs is 1. The van der Waals surface area contributed by atoms with E-state index in [9.17, 15) is 4.79 Å². The highest BCUT2D eigenvalue weighted by Gasteiger charge is 2.17. The molecule has 2 rings (SSSR count). The van der Waals surface area contributed by atoms with Crippen molar-refractivity contribution in [3.63, 3.8) is 0 Å². The van der Waals surface area contributed by atoms with Crippen molar-refractivity contribution in [2.24, 2.45) is 0 Å². The Morgan fingerprint density at radius 3 is 2.74 bits per heavy atom. The van der Waals surface area contributed by atoms with Crippen molar-refractivity contribution in [1.29, 1.82) is 0 Å². The normalized spacial score (nSPS) is 11.8. The van der Waals surface area contributed by atoms with Crippen LogP contribution in [0.25, 0.3) is 5.65 Å². The highest BCUT2D eigenvalue weighted by Crippen LogP contribution is 2.16. The molecule has 0 saturated carbocycles.